The lowest BCUT2D eigenvalue weighted by Crippen LogP contribution is -2.25. The molecule has 1 aliphatic heterocycles. The van der Waals surface area contributed by atoms with E-state index in [2.05, 4.69) is 4.72 Å². The maximum Gasteiger partial charge on any atom is 0.261 e. The van der Waals surface area contributed by atoms with Crippen molar-refractivity contribution in [2.45, 2.75) is 39.0 Å². The van der Waals surface area contributed by atoms with Gasteiger partial charge in [0.25, 0.3) is 10.0 Å². The minimum absolute atomic E-state index is 0.0327. The third-order valence-electron chi connectivity index (χ3n) is 4.61. The van der Waals surface area contributed by atoms with Crippen LogP contribution in [0.25, 0.3) is 0 Å². The first-order valence-electron chi connectivity index (χ1n) is 8.97. The minimum Gasteiger partial charge on any atom is -0.493 e. The van der Waals surface area contributed by atoms with Gasteiger partial charge in [-0.05, 0) is 74.7 Å². The van der Waals surface area contributed by atoms with Crippen LogP contribution in [0.4, 0.5) is 11.4 Å². The number of carbonyl (C=O) groups excluding carboxylic acids is 1. The highest BCUT2D eigenvalue weighted by Gasteiger charge is 2.26. The Morgan fingerprint density at radius 2 is 1.78 bits per heavy atom. The number of aryl methyl sites for hydroxylation is 2. The molecule has 0 saturated carbocycles. The fraction of sp³-hybridized carbons (Fsp3) is 0.350. The standard InChI is InChI=1S/C20H24N2O4S/c1-5-22-18-8-7-16(11-15(18)12-19(22)23)21-27(24,25)17-9-13(3)20(26-6-2)14(4)10-17/h7-11,21H,5-6,12H2,1-4H3. The van der Waals surface area contributed by atoms with E-state index in [4.69, 9.17) is 4.74 Å². The zero-order chi connectivity index (χ0) is 19.8. The number of anilines is 2. The molecule has 0 unspecified atom stereocenters. The Balaban J connectivity index is 1.90. The summed E-state index contributed by atoms with van der Waals surface area (Å²) in [6.07, 6.45) is 0.292. The van der Waals surface area contributed by atoms with Gasteiger partial charge in [-0.1, -0.05) is 0 Å². The lowest BCUT2D eigenvalue weighted by Gasteiger charge is -2.16. The summed E-state index contributed by atoms with van der Waals surface area (Å²) in [6, 6.07) is 8.42. The largest absolute Gasteiger partial charge is 0.493 e. The van der Waals surface area contributed by atoms with Crippen LogP contribution < -0.4 is 14.4 Å². The molecule has 6 nitrogen and oxygen atoms in total. The highest BCUT2D eigenvalue weighted by atomic mass is 32.2. The summed E-state index contributed by atoms with van der Waals surface area (Å²) < 4.78 is 33.9. The van der Waals surface area contributed by atoms with Crippen molar-refractivity contribution in [3.05, 3.63) is 47.0 Å². The van der Waals surface area contributed by atoms with Gasteiger partial charge >= 0.3 is 0 Å². The summed E-state index contributed by atoms with van der Waals surface area (Å²) in [5.74, 6) is 0.748. The highest BCUT2D eigenvalue weighted by molar-refractivity contribution is 7.92. The van der Waals surface area contributed by atoms with E-state index in [1.54, 1.807) is 35.2 Å². The molecule has 27 heavy (non-hydrogen) atoms. The smallest absolute Gasteiger partial charge is 0.261 e. The van der Waals surface area contributed by atoms with Crippen LogP contribution >= 0.6 is 0 Å². The van der Waals surface area contributed by atoms with Crippen LogP contribution in [-0.2, 0) is 21.2 Å². The fourth-order valence-electron chi connectivity index (χ4n) is 3.45. The second kappa shape index (κ2) is 7.23. The first-order chi connectivity index (χ1) is 12.8. The Morgan fingerprint density at radius 3 is 2.37 bits per heavy atom. The molecular weight excluding hydrogens is 364 g/mol. The Kier molecular flexibility index (Phi) is 5.15. The number of nitrogens with zero attached hydrogens (tertiary/aromatic N) is 1. The molecule has 0 aromatic heterocycles. The van der Waals surface area contributed by atoms with Gasteiger partial charge in [-0.3, -0.25) is 9.52 Å². The second-order valence-electron chi connectivity index (χ2n) is 6.58. The highest BCUT2D eigenvalue weighted by Crippen LogP contribution is 2.32. The maximum atomic E-state index is 12.8. The molecule has 0 bridgehead atoms. The van der Waals surface area contributed by atoms with Gasteiger partial charge in [0, 0.05) is 17.9 Å². The average Bonchev–Trinajstić information content (AvgIpc) is 2.91. The molecule has 2 aromatic rings. The van der Waals surface area contributed by atoms with E-state index in [1.807, 2.05) is 27.7 Å². The van der Waals surface area contributed by atoms with Gasteiger partial charge in [-0.25, -0.2) is 8.42 Å². The summed E-state index contributed by atoms with van der Waals surface area (Å²) in [4.78, 5) is 13.9. The summed E-state index contributed by atoms with van der Waals surface area (Å²) >= 11 is 0. The van der Waals surface area contributed by atoms with Crippen LogP contribution in [0, 0.1) is 13.8 Å². The average molecular weight is 388 g/mol. The minimum atomic E-state index is -3.74. The molecule has 0 spiro atoms. The molecule has 1 aliphatic rings. The van der Waals surface area contributed by atoms with E-state index in [0.29, 0.717) is 31.0 Å². The summed E-state index contributed by atoms with van der Waals surface area (Å²) in [7, 11) is -3.74. The van der Waals surface area contributed by atoms with Crippen LogP contribution in [0.3, 0.4) is 0 Å². The zero-order valence-corrected chi connectivity index (χ0v) is 16.8. The molecule has 144 valence electrons. The lowest BCUT2D eigenvalue weighted by molar-refractivity contribution is -0.117. The number of ether oxygens (including phenoxy) is 1. The molecule has 0 fully saturated rings. The Labute approximate surface area is 160 Å². The van der Waals surface area contributed by atoms with E-state index in [-0.39, 0.29) is 10.8 Å². The van der Waals surface area contributed by atoms with Crippen LogP contribution in [0.1, 0.15) is 30.5 Å². The third kappa shape index (κ3) is 3.64. The quantitative estimate of drug-likeness (QED) is 0.823. The molecule has 2 aromatic carbocycles. The number of hydrogen-bond donors (Lipinski definition) is 1. The second-order valence-corrected chi connectivity index (χ2v) is 8.27. The lowest BCUT2D eigenvalue weighted by atomic mass is 10.1. The molecule has 1 N–H and O–H groups in total. The molecule has 1 heterocycles. The molecule has 0 saturated heterocycles. The van der Waals surface area contributed by atoms with Crippen LogP contribution in [0.5, 0.6) is 5.75 Å². The van der Waals surface area contributed by atoms with E-state index >= 15 is 0 Å². The number of carbonyl (C=O) groups is 1. The first-order valence-corrected chi connectivity index (χ1v) is 10.4. The monoisotopic (exact) mass is 388 g/mol. The summed E-state index contributed by atoms with van der Waals surface area (Å²) in [6.45, 7) is 8.59. The van der Waals surface area contributed by atoms with Crippen LogP contribution in [0.15, 0.2) is 35.2 Å². The molecule has 0 atom stereocenters. The SMILES string of the molecule is CCOc1c(C)cc(S(=O)(=O)Nc2ccc3c(c2)CC(=O)N3CC)cc1C. The Morgan fingerprint density at radius 1 is 1.11 bits per heavy atom. The predicted molar refractivity (Wildman–Crippen MR) is 106 cm³/mol. The van der Waals surface area contributed by atoms with Gasteiger partial charge in [0.15, 0.2) is 0 Å². The molecular formula is C20H24N2O4S. The van der Waals surface area contributed by atoms with Crippen molar-refractivity contribution in [3.8, 4) is 5.75 Å². The van der Waals surface area contributed by atoms with Gasteiger partial charge in [0.05, 0.1) is 17.9 Å². The van der Waals surface area contributed by atoms with Crippen molar-refractivity contribution in [3.63, 3.8) is 0 Å². The molecule has 3 rings (SSSR count). The summed E-state index contributed by atoms with van der Waals surface area (Å²) in [5, 5.41) is 0. The Bertz CT molecular complexity index is 976. The number of benzene rings is 2. The van der Waals surface area contributed by atoms with E-state index in [0.717, 1.165) is 22.4 Å². The predicted octanol–water partition coefficient (Wildman–Crippen LogP) is 3.41. The zero-order valence-electron chi connectivity index (χ0n) is 16.0. The van der Waals surface area contributed by atoms with Gasteiger partial charge in [0.2, 0.25) is 5.91 Å². The molecule has 1 amide bonds. The normalized spacial score (nSPS) is 13.6. The van der Waals surface area contributed by atoms with E-state index in [9.17, 15) is 13.2 Å². The Hall–Kier alpha value is -2.54. The van der Waals surface area contributed by atoms with Crippen molar-refractivity contribution in [1.29, 1.82) is 0 Å². The number of nitrogens with one attached hydrogen (secondary N) is 1. The molecule has 0 radical (unpaired) electrons. The number of amides is 1. The van der Waals surface area contributed by atoms with Crippen LogP contribution in [0.2, 0.25) is 0 Å². The van der Waals surface area contributed by atoms with Crippen molar-refractivity contribution >= 4 is 27.3 Å². The fourth-order valence-corrected chi connectivity index (χ4v) is 4.66. The first kappa shape index (κ1) is 19.2. The number of likely N-dealkylation sites (N-methyl/N-ethyl adjacent to an activating group) is 1. The van der Waals surface area contributed by atoms with Crippen molar-refractivity contribution in [2.75, 3.05) is 22.8 Å². The number of hydrogen-bond acceptors (Lipinski definition) is 4. The van der Waals surface area contributed by atoms with E-state index < -0.39 is 10.0 Å². The van der Waals surface area contributed by atoms with Crippen molar-refractivity contribution < 1.29 is 17.9 Å². The van der Waals surface area contributed by atoms with E-state index in [1.165, 1.54) is 0 Å². The van der Waals surface area contributed by atoms with Gasteiger partial charge < -0.3 is 9.64 Å². The third-order valence-corrected chi connectivity index (χ3v) is 5.98. The van der Waals surface area contributed by atoms with Crippen molar-refractivity contribution in [1.82, 2.24) is 0 Å². The maximum absolute atomic E-state index is 12.8. The number of sulfonamides is 1. The van der Waals surface area contributed by atoms with Gasteiger partial charge in [-0.2, -0.15) is 0 Å². The number of rotatable bonds is 6. The topological polar surface area (TPSA) is 75.7 Å². The molecule has 7 heteroatoms. The van der Waals surface area contributed by atoms with Gasteiger partial charge in [-0.15, -0.1) is 0 Å². The molecule has 0 aliphatic carbocycles. The van der Waals surface area contributed by atoms with Gasteiger partial charge in [0.1, 0.15) is 5.75 Å². The summed E-state index contributed by atoms with van der Waals surface area (Å²) in [5.41, 5.74) is 3.67. The van der Waals surface area contributed by atoms with Crippen molar-refractivity contribution in [2.24, 2.45) is 0 Å². The van der Waals surface area contributed by atoms with Crippen LogP contribution in [-0.4, -0.2) is 27.5 Å². The number of fused-ring (bicyclic) bond motifs is 1.